The molecule has 1 atom stereocenters. The maximum absolute atomic E-state index is 9.24. The fourth-order valence-electron chi connectivity index (χ4n) is 3.11. The molecule has 0 aliphatic carbocycles. The van der Waals surface area contributed by atoms with Gasteiger partial charge in [-0.15, -0.1) is 0 Å². The van der Waals surface area contributed by atoms with Gasteiger partial charge in [0.2, 0.25) is 0 Å². The van der Waals surface area contributed by atoms with Gasteiger partial charge < -0.3 is 15.4 Å². The summed E-state index contributed by atoms with van der Waals surface area (Å²) in [6.07, 6.45) is 2.31. The van der Waals surface area contributed by atoms with Crippen LogP contribution in [0.4, 0.5) is 0 Å². The van der Waals surface area contributed by atoms with Crippen molar-refractivity contribution in [2.75, 3.05) is 6.61 Å². The lowest BCUT2D eigenvalue weighted by atomic mass is 9.96. The highest BCUT2D eigenvalue weighted by molar-refractivity contribution is 5.89. The molecule has 1 aromatic carbocycles. The highest BCUT2D eigenvalue weighted by Gasteiger charge is 2.20. The third kappa shape index (κ3) is 1.51. The third-order valence-electron chi connectivity index (χ3n) is 4.29. The zero-order valence-corrected chi connectivity index (χ0v) is 11.0. The van der Waals surface area contributed by atoms with E-state index in [9.17, 15) is 5.11 Å². The Labute approximate surface area is 107 Å². The predicted octanol–water partition coefficient (Wildman–Crippen LogP) is 2.20. The van der Waals surface area contributed by atoms with Crippen LogP contribution in [0.5, 0.6) is 0 Å². The van der Waals surface area contributed by atoms with Gasteiger partial charge in [0.25, 0.3) is 0 Å². The van der Waals surface area contributed by atoms with Gasteiger partial charge in [-0.2, -0.15) is 0 Å². The van der Waals surface area contributed by atoms with Crippen molar-refractivity contribution in [3.63, 3.8) is 0 Å². The van der Waals surface area contributed by atoms with Crippen molar-refractivity contribution < 1.29 is 5.11 Å². The second kappa shape index (κ2) is 4.11. The molecule has 0 spiro atoms. The van der Waals surface area contributed by atoms with E-state index in [1.54, 1.807) is 0 Å². The molecule has 2 heterocycles. The molecule has 1 aromatic heterocycles. The van der Waals surface area contributed by atoms with Crippen molar-refractivity contribution in [1.29, 1.82) is 0 Å². The summed E-state index contributed by atoms with van der Waals surface area (Å²) in [5.74, 6) is 0. The van der Waals surface area contributed by atoms with Crippen molar-refractivity contribution in [2.45, 2.75) is 39.3 Å². The van der Waals surface area contributed by atoms with Gasteiger partial charge in [-0.1, -0.05) is 6.07 Å². The molecule has 2 aromatic rings. The molecule has 0 fully saturated rings. The fourth-order valence-corrected chi connectivity index (χ4v) is 3.11. The first kappa shape index (κ1) is 11.8. The molecule has 3 heteroatoms. The monoisotopic (exact) mass is 244 g/mol. The first-order valence-electron chi connectivity index (χ1n) is 6.62. The molecule has 1 aliphatic heterocycles. The van der Waals surface area contributed by atoms with E-state index >= 15 is 0 Å². The highest BCUT2D eigenvalue weighted by Crippen LogP contribution is 2.34. The van der Waals surface area contributed by atoms with Gasteiger partial charge in [-0.05, 0) is 49.4 Å². The molecule has 1 unspecified atom stereocenters. The molecule has 0 radical (unpaired) electrons. The first-order chi connectivity index (χ1) is 8.63. The van der Waals surface area contributed by atoms with E-state index in [0.717, 1.165) is 18.5 Å². The summed E-state index contributed by atoms with van der Waals surface area (Å²) in [6, 6.07) is 4.07. The third-order valence-corrected chi connectivity index (χ3v) is 4.29. The predicted molar refractivity (Wildman–Crippen MR) is 73.7 cm³/mol. The zero-order chi connectivity index (χ0) is 12.9. The number of rotatable bonds is 2. The van der Waals surface area contributed by atoms with Gasteiger partial charge in [0, 0.05) is 17.6 Å². The zero-order valence-electron chi connectivity index (χ0n) is 11.0. The topological polar surface area (TPSA) is 51.2 Å². The van der Waals surface area contributed by atoms with E-state index in [0.29, 0.717) is 0 Å². The summed E-state index contributed by atoms with van der Waals surface area (Å²) in [5.41, 5.74) is 12.5. The van der Waals surface area contributed by atoms with Gasteiger partial charge in [0.15, 0.2) is 0 Å². The van der Waals surface area contributed by atoms with Crippen molar-refractivity contribution in [3.05, 3.63) is 34.5 Å². The van der Waals surface area contributed by atoms with Crippen LogP contribution in [0.2, 0.25) is 0 Å². The smallest absolute Gasteiger partial charge is 0.0624 e. The largest absolute Gasteiger partial charge is 0.394 e. The van der Waals surface area contributed by atoms with Crippen molar-refractivity contribution in [3.8, 4) is 0 Å². The lowest BCUT2D eigenvalue weighted by molar-refractivity contribution is 0.268. The van der Waals surface area contributed by atoms with Crippen LogP contribution in [0.1, 0.15) is 34.8 Å². The summed E-state index contributed by atoms with van der Waals surface area (Å²) in [5, 5.41) is 10.5. The summed E-state index contributed by atoms with van der Waals surface area (Å²) in [7, 11) is 0. The molecule has 0 amide bonds. The Hall–Kier alpha value is -1.32. The molecule has 0 saturated heterocycles. The van der Waals surface area contributed by atoms with Crippen molar-refractivity contribution >= 4 is 10.9 Å². The van der Waals surface area contributed by atoms with Crippen molar-refractivity contribution in [1.82, 2.24) is 4.57 Å². The number of hydrogen-bond donors (Lipinski definition) is 2. The van der Waals surface area contributed by atoms with Crippen LogP contribution < -0.4 is 5.73 Å². The van der Waals surface area contributed by atoms with Gasteiger partial charge >= 0.3 is 0 Å². The minimum absolute atomic E-state index is 0.00366. The van der Waals surface area contributed by atoms with E-state index in [1.807, 2.05) is 0 Å². The minimum Gasteiger partial charge on any atom is -0.394 e. The molecule has 96 valence electrons. The molecule has 1 aliphatic rings. The Morgan fingerprint density at radius 1 is 1.39 bits per heavy atom. The van der Waals surface area contributed by atoms with Crippen LogP contribution in [0.25, 0.3) is 10.9 Å². The fraction of sp³-hybridized carbons (Fsp3) is 0.467. The second-order valence-corrected chi connectivity index (χ2v) is 5.33. The van der Waals surface area contributed by atoms with Gasteiger partial charge in [-0.3, -0.25) is 0 Å². The van der Waals surface area contributed by atoms with E-state index in [1.165, 1.54) is 34.1 Å². The van der Waals surface area contributed by atoms with Crippen LogP contribution in [0.3, 0.4) is 0 Å². The van der Waals surface area contributed by atoms with Crippen LogP contribution in [-0.2, 0) is 13.0 Å². The molecular formula is C15H20N2O. The van der Waals surface area contributed by atoms with Gasteiger partial charge in [-0.25, -0.2) is 0 Å². The Morgan fingerprint density at radius 2 is 2.17 bits per heavy atom. The average molecular weight is 244 g/mol. The van der Waals surface area contributed by atoms with Gasteiger partial charge in [0.1, 0.15) is 0 Å². The number of hydrogen-bond acceptors (Lipinski definition) is 2. The van der Waals surface area contributed by atoms with E-state index in [4.69, 9.17) is 5.73 Å². The Morgan fingerprint density at radius 3 is 2.89 bits per heavy atom. The number of nitrogens with zero attached hydrogens (tertiary/aromatic N) is 1. The molecule has 3 rings (SSSR count). The standard InChI is InChI=1S/C15H20N2O/c1-9-10(2)17-5-3-4-11-6-12(14(16)8-18)7-13(9)15(11)17/h6-7,14,18H,3-5,8,16H2,1-2H3. The normalized spacial score (nSPS) is 16.2. The summed E-state index contributed by atoms with van der Waals surface area (Å²) in [6.45, 7) is 5.49. The summed E-state index contributed by atoms with van der Waals surface area (Å²) < 4.78 is 2.43. The molecule has 18 heavy (non-hydrogen) atoms. The number of aliphatic hydroxyl groups excluding tert-OH is 1. The number of nitrogens with two attached hydrogens (primary N) is 1. The Bertz CT molecular complexity index is 613. The van der Waals surface area contributed by atoms with E-state index < -0.39 is 0 Å². The summed E-state index contributed by atoms with van der Waals surface area (Å²) in [4.78, 5) is 0. The first-order valence-corrected chi connectivity index (χ1v) is 6.62. The van der Waals surface area contributed by atoms with Crippen LogP contribution >= 0.6 is 0 Å². The number of aliphatic hydroxyl groups is 1. The average Bonchev–Trinajstić information content (AvgIpc) is 2.65. The molecular weight excluding hydrogens is 224 g/mol. The Balaban J connectivity index is 2.33. The maximum Gasteiger partial charge on any atom is 0.0624 e. The van der Waals surface area contributed by atoms with Crippen LogP contribution in [0, 0.1) is 13.8 Å². The Kier molecular flexibility index (Phi) is 2.68. The molecule has 3 N–H and O–H groups in total. The minimum atomic E-state index is -0.268. The van der Waals surface area contributed by atoms with Crippen LogP contribution in [0.15, 0.2) is 12.1 Å². The quantitative estimate of drug-likeness (QED) is 0.851. The number of benzene rings is 1. The number of aromatic nitrogens is 1. The van der Waals surface area contributed by atoms with E-state index in [-0.39, 0.29) is 12.6 Å². The SMILES string of the molecule is Cc1c(C)n2c3c(cc(C(N)CO)cc13)CCC2. The van der Waals surface area contributed by atoms with E-state index in [2.05, 4.69) is 30.5 Å². The second-order valence-electron chi connectivity index (χ2n) is 5.33. The van der Waals surface area contributed by atoms with Gasteiger partial charge in [0.05, 0.1) is 18.2 Å². The lowest BCUT2D eigenvalue weighted by Gasteiger charge is -2.19. The molecule has 3 nitrogen and oxygen atoms in total. The highest BCUT2D eigenvalue weighted by atomic mass is 16.3. The van der Waals surface area contributed by atoms with Crippen molar-refractivity contribution in [2.24, 2.45) is 5.73 Å². The van der Waals surface area contributed by atoms with Crippen LogP contribution in [-0.4, -0.2) is 16.3 Å². The molecule has 0 bridgehead atoms. The molecule has 0 saturated carbocycles. The summed E-state index contributed by atoms with van der Waals surface area (Å²) >= 11 is 0. The number of aryl methyl sites for hydroxylation is 3. The maximum atomic E-state index is 9.24. The lowest BCUT2D eigenvalue weighted by Crippen LogP contribution is -2.16.